The molecular formula is C16H17ClN2OS. The predicted octanol–water partition coefficient (Wildman–Crippen LogP) is 4.04. The van der Waals surface area contributed by atoms with Gasteiger partial charge in [0.1, 0.15) is 5.15 Å². The molecule has 3 nitrogen and oxygen atoms in total. The second-order valence-corrected chi connectivity index (χ2v) is 6.10. The van der Waals surface area contributed by atoms with Crippen molar-refractivity contribution in [2.75, 3.05) is 13.3 Å². The summed E-state index contributed by atoms with van der Waals surface area (Å²) < 4.78 is 0. The molecule has 5 heteroatoms. The molecule has 1 aromatic heterocycles. The minimum Gasteiger partial charge on any atom is -0.337 e. The highest BCUT2D eigenvalue weighted by Gasteiger charge is 2.13. The topological polar surface area (TPSA) is 33.2 Å². The summed E-state index contributed by atoms with van der Waals surface area (Å²) in [5.74, 6) is -0.0589. The number of aryl methyl sites for hydroxylation is 1. The first kappa shape index (κ1) is 15.9. The van der Waals surface area contributed by atoms with Crippen LogP contribution in [0, 0.1) is 6.92 Å². The van der Waals surface area contributed by atoms with Crippen LogP contribution in [0.5, 0.6) is 0 Å². The normalized spacial score (nSPS) is 10.5. The minimum atomic E-state index is -0.0589. The maximum absolute atomic E-state index is 12.4. The molecule has 0 atom stereocenters. The smallest absolute Gasteiger partial charge is 0.254 e. The maximum Gasteiger partial charge on any atom is 0.254 e. The Labute approximate surface area is 134 Å². The molecule has 1 amide bonds. The molecular weight excluding hydrogens is 304 g/mol. The van der Waals surface area contributed by atoms with E-state index in [2.05, 4.69) is 17.1 Å². The van der Waals surface area contributed by atoms with E-state index in [1.165, 1.54) is 4.90 Å². The zero-order valence-corrected chi connectivity index (χ0v) is 13.8. The van der Waals surface area contributed by atoms with Crippen molar-refractivity contribution in [3.8, 4) is 0 Å². The second-order valence-electron chi connectivity index (χ2n) is 4.83. The molecule has 0 spiro atoms. The molecule has 0 saturated carbocycles. The van der Waals surface area contributed by atoms with Crippen LogP contribution >= 0.6 is 23.4 Å². The van der Waals surface area contributed by atoms with Crippen LogP contribution in [0.4, 0.5) is 0 Å². The lowest BCUT2D eigenvalue weighted by Gasteiger charge is -2.18. The quantitative estimate of drug-likeness (QED) is 0.629. The lowest BCUT2D eigenvalue weighted by molar-refractivity contribution is 0.0785. The molecule has 110 valence electrons. The molecule has 0 radical (unpaired) electrons. The van der Waals surface area contributed by atoms with E-state index >= 15 is 0 Å². The first-order valence-electron chi connectivity index (χ1n) is 6.52. The van der Waals surface area contributed by atoms with Crippen LogP contribution in [-0.2, 0) is 6.54 Å². The Bertz CT molecular complexity index is 623. The number of aromatic nitrogens is 1. The zero-order valence-electron chi connectivity index (χ0n) is 12.3. The SMILES string of the molecule is CSc1ccc(CN(C)C(=O)c2cc(C)nc(Cl)c2)cc1. The van der Waals surface area contributed by atoms with Crippen LogP contribution in [-0.4, -0.2) is 29.1 Å². The third-order valence-corrected chi connectivity index (χ3v) is 4.03. The van der Waals surface area contributed by atoms with E-state index in [1.807, 2.05) is 25.3 Å². The Balaban J connectivity index is 2.11. The lowest BCUT2D eigenvalue weighted by Crippen LogP contribution is -2.26. The van der Waals surface area contributed by atoms with Gasteiger partial charge in [-0.3, -0.25) is 4.79 Å². The third kappa shape index (κ3) is 4.22. The van der Waals surface area contributed by atoms with Crippen molar-refractivity contribution >= 4 is 29.3 Å². The van der Waals surface area contributed by atoms with E-state index in [-0.39, 0.29) is 5.91 Å². The molecule has 0 aliphatic rings. The molecule has 2 aromatic rings. The van der Waals surface area contributed by atoms with Crippen molar-refractivity contribution in [3.63, 3.8) is 0 Å². The Hall–Kier alpha value is -1.52. The summed E-state index contributed by atoms with van der Waals surface area (Å²) >= 11 is 7.61. The number of amides is 1. The number of thioether (sulfide) groups is 1. The molecule has 0 bridgehead atoms. The number of nitrogens with zero attached hydrogens (tertiary/aromatic N) is 2. The van der Waals surface area contributed by atoms with Gasteiger partial charge in [-0.25, -0.2) is 4.98 Å². The van der Waals surface area contributed by atoms with Crippen molar-refractivity contribution in [3.05, 3.63) is 58.4 Å². The van der Waals surface area contributed by atoms with Crippen LogP contribution in [0.1, 0.15) is 21.6 Å². The van der Waals surface area contributed by atoms with E-state index < -0.39 is 0 Å². The Morgan fingerprint density at radius 1 is 1.29 bits per heavy atom. The zero-order chi connectivity index (χ0) is 15.4. The predicted molar refractivity (Wildman–Crippen MR) is 88.0 cm³/mol. The molecule has 1 aromatic carbocycles. The summed E-state index contributed by atoms with van der Waals surface area (Å²) in [6.45, 7) is 2.39. The summed E-state index contributed by atoms with van der Waals surface area (Å²) in [5.41, 5.74) is 2.40. The number of carbonyl (C=O) groups excluding carboxylic acids is 1. The number of benzene rings is 1. The number of halogens is 1. The Kier molecular flexibility index (Phi) is 5.26. The van der Waals surface area contributed by atoms with Crippen molar-refractivity contribution in [1.29, 1.82) is 0 Å². The number of hydrogen-bond acceptors (Lipinski definition) is 3. The highest BCUT2D eigenvalue weighted by Crippen LogP contribution is 2.17. The summed E-state index contributed by atoms with van der Waals surface area (Å²) in [6, 6.07) is 11.6. The van der Waals surface area contributed by atoms with Crippen molar-refractivity contribution in [2.45, 2.75) is 18.4 Å². The van der Waals surface area contributed by atoms with Gasteiger partial charge < -0.3 is 4.90 Å². The third-order valence-electron chi connectivity index (χ3n) is 3.09. The Morgan fingerprint density at radius 3 is 2.52 bits per heavy atom. The van der Waals surface area contributed by atoms with Gasteiger partial charge in [0.25, 0.3) is 5.91 Å². The summed E-state index contributed by atoms with van der Waals surface area (Å²) in [6.07, 6.45) is 2.04. The van der Waals surface area contributed by atoms with Crippen molar-refractivity contribution in [1.82, 2.24) is 9.88 Å². The van der Waals surface area contributed by atoms with Crippen LogP contribution in [0.2, 0.25) is 5.15 Å². The molecule has 0 fully saturated rings. The molecule has 0 aliphatic carbocycles. The Morgan fingerprint density at radius 2 is 1.95 bits per heavy atom. The van der Waals surface area contributed by atoms with Gasteiger partial charge in [-0.2, -0.15) is 0 Å². The molecule has 0 N–H and O–H groups in total. The van der Waals surface area contributed by atoms with Gasteiger partial charge in [-0.05, 0) is 43.0 Å². The van der Waals surface area contributed by atoms with Gasteiger partial charge in [0.2, 0.25) is 0 Å². The summed E-state index contributed by atoms with van der Waals surface area (Å²) in [4.78, 5) is 19.4. The lowest BCUT2D eigenvalue weighted by atomic mass is 10.2. The standard InChI is InChI=1S/C16H17ClN2OS/c1-11-8-13(9-15(17)18-11)16(20)19(2)10-12-4-6-14(21-3)7-5-12/h4-9H,10H2,1-3H3. The van der Waals surface area contributed by atoms with Crippen molar-refractivity contribution in [2.24, 2.45) is 0 Å². The fourth-order valence-corrected chi connectivity index (χ4v) is 2.71. The largest absolute Gasteiger partial charge is 0.337 e. The monoisotopic (exact) mass is 320 g/mol. The van der Waals surface area contributed by atoms with Crippen molar-refractivity contribution < 1.29 is 4.79 Å². The highest BCUT2D eigenvalue weighted by atomic mass is 35.5. The van der Waals surface area contributed by atoms with E-state index in [4.69, 9.17) is 11.6 Å². The van der Waals surface area contributed by atoms with Crippen LogP contribution in [0.3, 0.4) is 0 Å². The van der Waals surface area contributed by atoms with Gasteiger partial charge in [0.15, 0.2) is 0 Å². The number of pyridine rings is 1. The molecule has 2 rings (SSSR count). The molecule has 0 saturated heterocycles. The minimum absolute atomic E-state index is 0.0589. The van der Waals surface area contributed by atoms with Gasteiger partial charge in [-0.1, -0.05) is 23.7 Å². The summed E-state index contributed by atoms with van der Waals surface area (Å²) in [7, 11) is 1.79. The van der Waals surface area contributed by atoms with E-state index in [1.54, 1.807) is 35.8 Å². The first-order valence-corrected chi connectivity index (χ1v) is 8.12. The number of rotatable bonds is 4. The van der Waals surface area contributed by atoms with Crippen LogP contribution < -0.4 is 0 Å². The second kappa shape index (κ2) is 6.96. The molecule has 1 heterocycles. The van der Waals surface area contributed by atoms with Crippen LogP contribution in [0.25, 0.3) is 0 Å². The highest BCUT2D eigenvalue weighted by molar-refractivity contribution is 7.98. The average Bonchev–Trinajstić information content (AvgIpc) is 2.46. The fourth-order valence-electron chi connectivity index (χ4n) is 2.05. The van der Waals surface area contributed by atoms with Gasteiger partial charge >= 0.3 is 0 Å². The number of carbonyl (C=O) groups is 1. The average molecular weight is 321 g/mol. The molecule has 0 unspecified atom stereocenters. The van der Waals surface area contributed by atoms with Crippen LogP contribution in [0.15, 0.2) is 41.3 Å². The maximum atomic E-state index is 12.4. The summed E-state index contributed by atoms with van der Waals surface area (Å²) in [5, 5.41) is 0.344. The fraction of sp³-hybridized carbons (Fsp3) is 0.250. The first-order chi connectivity index (χ1) is 9.99. The van der Waals surface area contributed by atoms with Gasteiger partial charge in [0, 0.05) is 29.7 Å². The molecule has 0 aliphatic heterocycles. The van der Waals surface area contributed by atoms with E-state index in [0.717, 1.165) is 11.3 Å². The number of hydrogen-bond donors (Lipinski definition) is 0. The van der Waals surface area contributed by atoms with Gasteiger partial charge in [0.05, 0.1) is 0 Å². The van der Waals surface area contributed by atoms with E-state index in [9.17, 15) is 4.79 Å². The molecule has 21 heavy (non-hydrogen) atoms. The van der Waals surface area contributed by atoms with E-state index in [0.29, 0.717) is 17.3 Å². The van der Waals surface area contributed by atoms with Gasteiger partial charge in [-0.15, -0.1) is 11.8 Å².